The van der Waals surface area contributed by atoms with Gasteiger partial charge < -0.3 is 0 Å². The van der Waals surface area contributed by atoms with Crippen LogP contribution in [0.1, 0.15) is 19.3 Å². The van der Waals surface area contributed by atoms with Gasteiger partial charge in [0.05, 0.1) is 0 Å². The summed E-state index contributed by atoms with van der Waals surface area (Å²) in [6.07, 6.45) is 4.17. The van der Waals surface area contributed by atoms with Crippen LogP contribution in [0.5, 0.6) is 0 Å². The molecule has 0 unspecified atom stereocenters. The third kappa shape index (κ3) is 0.675. The topological polar surface area (TPSA) is 0 Å². The SMILES string of the molecule is [Fe][CH]1CCC1. The van der Waals surface area contributed by atoms with E-state index in [-0.39, 0.29) is 0 Å². The van der Waals surface area contributed by atoms with Crippen LogP contribution in [0.4, 0.5) is 0 Å². The molecule has 0 bridgehead atoms. The minimum absolute atomic E-state index is 0.815. The van der Waals surface area contributed by atoms with E-state index in [0.717, 1.165) is 4.82 Å². The minimum atomic E-state index is 0.815. The van der Waals surface area contributed by atoms with Gasteiger partial charge in [-0.05, 0) is 0 Å². The van der Waals surface area contributed by atoms with Crippen LogP contribution in [0.2, 0.25) is 4.82 Å². The van der Waals surface area contributed by atoms with E-state index in [1.54, 1.807) is 0 Å². The van der Waals surface area contributed by atoms with Crippen LogP contribution in [0.25, 0.3) is 0 Å². The van der Waals surface area contributed by atoms with Gasteiger partial charge in [0.25, 0.3) is 0 Å². The van der Waals surface area contributed by atoms with Crippen LogP contribution in [-0.4, -0.2) is 0 Å². The molecule has 0 radical (unpaired) electrons. The van der Waals surface area contributed by atoms with E-state index in [9.17, 15) is 0 Å². The first kappa shape index (κ1) is 3.70. The quantitative estimate of drug-likeness (QED) is 0.415. The molecule has 1 aliphatic carbocycles. The van der Waals surface area contributed by atoms with Crippen molar-refractivity contribution in [1.82, 2.24) is 0 Å². The Morgan fingerprint density at radius 2 is 1.80 bits per heavy atom. The van der Waals surface area contributed by atoms with Crippen molar-refractivity contribution in [1.29, 1.82) is 0 Å². The van der Waals surface area contributed by atoms with Crippen LogP contribution in [0.3, 0.4) is 0 Å². The van der Waals surface area contributed by atoms with Gasteiger partial charge in [0.15, 0.2) is 0 Å². The summed E-state index contributed by atoms with van der Waals surface area (Å²) >= 11 is 3.84. The van der Waals surface area contributed by atoms with Gasteiger partial charge in [-0.1, -0.05) is 0 Å². The van der Waals surface area contributed by atoms with Crippen LogP contribution in [0, 0.1) is 0 Å². The zero-order valence-corrected chi connectivity index (χ0v) is 4.16. The summed E-state index contributed by atoms with van der Waals surface area (Å²) in [5.74, 6) is 0. The van der Waals surface area contributed by atoms with E-state index in [1.165, 1.54) is 19.3 Å². The van der Waals surface area contributed by atoms with Gasteiger partial charge in [-0.15, -0.1) is 0 Å². The molecule has 0 spiro atoms. The fourth-order valence-corrected chi connectivity index (χ4v) is 0.799. The van der Waals surface area contributed by atoms with Gasteiger partial charge in [-0.2, -0.15) is 0 Å². The average molecular weight is 111 g/mol. The predicted molar refractivity (Wildman–Crippen MR) is 17.6 cm³/mol. The summed E-state index contributed by atoms with van der Waals surface area (Å²) in [4.78, 5) is 0.815. The monoisotopic (exact) mass is 111 g/mol. The van der Waals surface area contributed by atoms with Gasteiger partial charge in [0, 0.05) is 0 Å². The maximum absolute atomic E-state index is 3.84. The third-order valence-corrected chi connectivity index (χ3v) is 1.66. The van der Waals surface area contributed by atoms with Crippen molar-refractivity contribution in [2.75, 3.05) is 0 Å². The fraction of sp³-hybridized carbons (Fsp3) is 1.00. The maximum atomic E-state index is 3.84. The normalized spacial score (nSPS) is 25.8. The van der Waals surface area contributed by atoms with Crippen molar-refractivity contribution in [3.05, 3.63) is 0 Å². The van der Waals surface area contributed by atoms with Crippen molar-refractivity contribution in [3.8, 4) is 0 Å². The summed E-state index contributed by atoms with van der Waals surface area (Å²) in [5, 5.41) is 0. The van der Waals surface area contributed by atoms with Gasteiger partial charge in [-0.25, -0.2) is 0 Å². The first-order valence-corrected chi connectivity index (χ1v) is 2.66. The zero-order valence-electron chi connectivity index (χ0n) is 3.05. The Labute approximate surface area is 40.8 Å². The zero-order chi connectivity index (χ0) is 3.70. The van der Waals surface area contributed by atoms with Crippen LogP contribution < -0.4 is 0 Å². The molecule has 0 saturated heterocycles. The number of hydrogen-bond donors (Lipinski definition) is 0. The number of rotatable bonds is 0. The van der Waals surface area contributed by atoms with Gasteiger partial charge in [-0.3, -0.25) is 0 Å². The fourth-order valence-electron chi connectivity index (χ4n) is 0.348. The molecular weight excluding hydrogens is 104 g/mol. The van der Waals surface area contributed by atoms with Crippen molar-refractivity contribution in [2.45, 2.75) is 24.1 Å². The second-order valence-corrected chi connectivity index (χ2v) is 2.41. The van der Waals surface area contributed by atoms with Crippen molar-refractivity contribution in [2.24, 2.45) is 0 Å². The summed E-state index contributed by atoms with van der Waals surface area (Å²) in [5.41, 5.74) is 0. The Morgan fingerprint density at radius 1 is 1.40 bits per heavy atom. The molecule has 0 amide bonds. The van der Waals surface area contributed by atoms with E-state index in [1.807, 2.05) is 0 Å². The average Bonchev–Trinajstić information content (AvgIpc) is 1.30. The van der Waals surface area contributed by atoms with Crippen LogP contribution in [0.15, 0.2) is 0 Å². The second kappa shape index (κ2) is 1.32. The molecule has 0 N–H and O–H groups in total. The Morgan fingerprint density at radius 3 is 1.80 bits per heavy atom. The van der Waals surface area contributed by atoms with E-state index < -0.39 is 0 Å². The van der Waals surface area contributed by atoms with Crippen LogP contribution in [-0.2, 0) is 16.0 Å². The molecule has 1 fully saturated rings. The third-order valence-electron chi connectivity index (χ3n) is 1.02. The Hall–Kier alpha value is 0.519. The molecule has 1 saturated carbocycles. The predicted octanol–water partition coefficient (Wildman–Crippen LogP) is 1.51. The van der Waals surface area contributed by atoms with Crippen molar-refractivity contribution < 1.29 is 16.0 Å². The standard InChI is InChI=1S/C4H7.Fe/c1-2-4-3-1;/h1H,2-4H2;. The van der Waals surface area contributed by atoms with Crippen molar-refractivity contribution in [3.63, 3.8) is 0 Å². The molecule has 1 aliphatic rings. The Kier molecular flexibility index (Phi) is 0.975. The molecule has 0 aromatic rings. The molecule has 0 atom stereocenters. The van der Waals surface area contributed by atoms with Crippen LogP contribution >= 0.6 is 0 Å². The molecule has 31 valence electrons. The first-order valence-electron chi connectivity index (χ1n) is 2.02. The van der Waals surface area contributed by atoms with E-state index in [4.69, 9.17) is 0 Å². The van der Waals surface area contributed by atoms with Crippen molar-refractivity contribution >= 4 is 0 Å². The number of hydrogen-bond acceptors (Lipinski definition) is 0. The van der Waals surface area contributed by atoms with E-state index in [2.05, 4.69) is 16.0 Å². The summed E-state index contributed by atoms with van der Waals surface area (Å²) < 4.78 is 0. The molecule has 5 heavy (non-hydrogen) atoms. The molecular formula is C4H7Fe. The molecule has 1 rings (SSSR count). The Balaban J connectivity index is 2.08. The molecule has 0 aliphatic heterocycles. The van der Waals surface area contributed by atoms with Gasteiger partial charge >= 0.3 is 40.1 Å². The van der Waals surface area contributed by atoms with Gasteiger partial charge in [0.1, 0.15) is 0 Å². The summed E-state index contributed by atoms with van der Waals surface area (Å²) in [7, 11) is 0. The summed E-state index contributed by atoms with van der Waals surface area (Å²) in [6, 6.07) is 0. The van der Waals surface area contributed by atoms with E-state index in [0.29, 0.717) is 0 Å². The second-order valence-electron chi connectivity index (χ2n) is 1.51. The first-order chi connectivity index (χ1) is 2.39. The Bertz CT molecular complexity index is 30.6. The molecule has 0 nitrogen and oxygen atoms in total. The molecule has 1 heteroatoms. The molecule has 0 aromatic heterocycles. The van der Waals surface area contributed by atoms with E-state index >= 15 is 0 Å². The summed E-state index contributed by atoms with van der Waals surface area (Å²) in [6.45, 7) is 0. The molecule has 0 aromatic carbocycles. The molecule has 0 heterocycles. The van der Waals surface area contributed by atoms with Gasteiger partial charge in [0.2, 0.25) is 0 Å².